The predicted molar refractivity (Wildman–Crippen MR) is 76.4 cm³/mol. The molecule has 1 aromatic heterocycles. The first-order valence-electron chi connectivity index (χ1n) is 5.77. The molecular formula is C13H14Cl2FN3. The maximum absolute atomic E-state index is 13.3. The van der Waals surface area contributed by atoms with Crippen LogP contribution in [0, 0.1) is 19.7 Å². The number of hydrogen-bond acceptors (Lipinski definition) is 2. The third-order valence-corrected chi connectivity index (χ3v) is 3.66. The molecule has 0 aliphatic rings. The van der Waals surface area contributed by atoms with E-state index in [1.54, 1.807) is 0 Å². The molecule has 0 atom stereocenters. The third-order valence-electron chi connectivity index (χ3n) is 3.11. The highest BCUT2D eigenvalue weighted by molar-refractivity contribution is 6.35. The van der Waals surface area contributed by atoms with E-state index in [1.165, 1.54) is 12.1 Å². The lowest BCUT2D eigenvalue weighted by Crippen LogP contribution is -2.02. The molecular weight excluding hydrogens is 288 g/mol. The number of nitrogens with one attached hydrogen (secondary N) is 1. The molecule has 1 heterocycles. The van der Waals surface area contributed by atoms with E-state index >= 15 is 0 Å². The Kier molecular flexibility index (Phi) is 4.02. The maximum atomic E-state index is 13.3. The van der Waals surface area contributed by atoms with Gasteiger partial charge in [0, 0.05) is 30.5 Å². The van der Waals surface area contributed by atoms with E-state index in [-0.39, 0.29) is 10.0 Å². The molecule has 0 bridgehead atoms. The van der Waals surface area contributed by atoms with Crippen LogP contribution in [0.1, 0.15) is 17.0 Å². The molecule has 2 aromatic rings. The van der Waals surface area contributed by atoms with Crippen molar-refractivity contribution in [1.82, 2.24) is 9.78 Å². The number of hydrogen-bond donors (Lipinski definition) is 1. The van der Waals surface area contributed by atoms with Gasteiger partial charge < -0.3 is 5.32 Å². The fourth-order valence-corrected chi connectivity index (χ4v) is 2.41. The van der Waals surface area contributed by atoms with Crippen molar-refractivity contribution in [2.75, 3.05) is 5.32 Å². The van der Waals surface area contributed by atoms with Crippen LogP contribution in [-0.2, 0) is 13.6 Å². The van der Waals surface area contributed by atoms with Gasteiger partial charge in [-0.25, -0.2) is 4.39 Å². The van der Waals surface area contributed by atoms with E-state index in [2.05, 4.69) is 10.4 Å². The normalized spacial score (nSPS) is 10.8. The van der Waals surface area contributed by atoms with Crippen molar-refractivity contribution in [2.24, 2.45) is 7.05 Å². The molecule has 0 aliphatic carbocycles. The Hall–Kier alpha value is -1.26. The molecule has 1 N–H and O–H groups in total. The molecule has 1 aromatic carbocycles. The van der Waals surface area contributed by atoms with Gasteiger partial charge in [0.05, 0.1) is 15.7 Å². The second-order valence-electron chi connectivity index (χ2n) is 4.38. The van der Waals surface area contributed by atoms with Crippen LogP contribution in [-0.4, -0.2) is 9.78 Å². The Morgan fingerprint density at radius 3 is 2.32 bits per heavy atom. The number of halogens is 3. The monoisotopic (exact) mass is 301 g/mol. The zero-order chi connectivity index (χ0) is 14.2. The Labute approximate surface area is 121 Å². The highest BCUT2D eigenvalue weighted by atomic mass is 35.5. The predicted octanol–water partition coefficient (Wildman–Crippen LogP) is 4.09. The summed E-state index contributed by atoms with van der Waals surface area (Å²) in [6.07, 6.45) is 0. The van der Waals surface area contributed by atoms with Crippen LogP contribution in [0.15, 0.2) is 12.1 Å². The number of aromatic nitrogens is 2. The Morgan fingerprint density at radius 2 is 1.84 bits per heavy atom. The molecule has 0 spiro atoms. The number of nitrogens with zero attached hydrogens (tertiary/aromatic N) is 2. The van der Waals surface area contributed by atoms with Crippen LogP contribution in [0.2, 0.25) is 10.0 Å². The largest absolute Gasteiger partial charge is 0.381 e. The van der Waals surface area contributed by atoms with E-state index in [1.807, 2.05) is 25.6 Å². The minimum Gasteiger partial charge on any atom is -0.381 e. The maximum Gasteiger partial charge on any atom is 0.160 e. The highest BCUT2D eigenvalue weighted by Crippen LogP contribution is 2.27. The summed E-state index contributed by atoms with van der Waals surface area (Å²) >= 11 is 11.5. The lowest BCUT2D eigenvalue weighted by molar-refractivity contribution is 0.629. The molecule has 0 fully saturated rings. The van der Waals surface area contributed by atoms with Crippen LogP contribution in [0.3, 0.4) is 0 Å². The second-order valence-corrected chi connectivity index (χ2v) is 5.19. The summed E-state index contributed by atoms with van der Waals surface area (Å²) in [5, 5.41) is 7.53. The molecule has 0 saturated heterocycles. The van der Waals surface area contributed by atoms with Gasteiger partial charge in [0.1, 0.15) is 0 Å². The van der Waals surface area contributed by atoms with Gasteiger partial charge in [0.15, 0.2) is 5.82 Å². The highest BCUT2D eigenvalue weighted by Gasteiger charge is 2.11. The minimum absolute atomic E-state index is 0.00892. The van der Waals surface area contributed by atoms with Crippen LogP contribution >= 0.6 is 23.2 Å². The number of rotatable bonds is 3. The Bertz CT molecular complexity index is 600. The third kappa shape index (κ3) is 2.85. The van der Waals surface area contributed by atoms with Crippen LogP contribution in [0.5, 0.6) is 0 Å². The van der Waals surface area contributed by atoms with Crippen molar-refractivity contribution in [3.8, 4) is 0 Å². The average molecular weight is 302 g/mol. The quantitative estimate of drug-likeness (QED) is 0.865. The van der Waals surface area contributed by atoms with Crippen molar-refractivity contribution in [3.05, 3.63) is 44.9 Å². The first-order valence-corrected chi connectivity index (χ1v) is 6.53. The first kappa shape index (κ1) is 14.2. The molecule has 0 amide bonds. The first-order chi connectivity index (χ1) is 8.90. The van der Waals surface area contributed by atoms with Crippen molar-refractivity contribution >= 4 is 28.9 Å². The van der Waals surface area contributed by atoms with Crippen LogP contribution < -0.4 is 5.32 Å². The average Bonchev–Trinajstić information content (AvgIpc) is 2.58. The smallest absolute Gasteiger partial charge is 0.160 e. The zero-order valence-electron chi connectivity index (χ0n) is 10.9. The van der Waals surface area contributed by atoms with Crippen molar-refractivity contribution in [3.63, 3.8) is 0 Å². The molecule has 19 heavy (non-hydrogen) atoms. The van der Waals surface area contributed by atoms with E-state index in [0.717, 1.165) is 17.0 Å². The van der Waals surface area contributed by atoms with Gasteiger partial charge in [0.25, 0.3) is 0 Å². The van der Waals surface area contributed by atoms with Gasteiger partial charge in [-0.2, -0.15) is 5.10 Å². The van der Waals surface area contributed by atoms with Crippen molar-refractivity contribution in [1.29, 1.82) is 0 Å². The summed E-state index contributed by atoms with van der Waals surface area (Å²) in [5.41, 5.74) is 3.84. The standard InChI is InChI=1S/C13H14Cl2FN3/c1-7-10(8(2)19(3)18-7)6-17-9-4-11(14)13(16)12(15)5-9/h4-5,17H,6H2,1-3H3. The fraction of sp³-hybridized carbons (Fsp3) is 0.308. The van der Waals surface area contributed by atoms with Crippen molar-refractivity contribution in [2.45, 2.75) is 20.4 Å². The Balaban J connectivity index is 2.19. The summed E-state index contributed by atoms with van der Waals surface area (Å²) in [6, 6.07) is 3.04. The molecule has 0 unspecified atom stereocenters. The fourth-order valence-electron chi connectivity index (χ4n) is 1.92. The second kappa shape index (κ2) is 5.39. The minimum atomic E-state index is -0.595. The molecule has 2 rings (SSSR count). The molecule has 0 saturated carbocycles. The molecule has 6 heteroatoms. The lowest BCUT2D eigenvalue weighted by Gasteiger charge is -2.09. The van der Waals surface area contributed by atoms with Crippen LogP contribution in [0.25, 0.3) is 0 Å². The number of aryl methyl sites for hydroxylation is 2. The van der Waals surface area contributed by atoms with E-state index < -0.39 is 5.82 Å². The summed E-state index contributed by atoms with van der Waals surface area (Å²) in [7, 11) is 1.90. The van der Waals surface area contributed by atoms with Gasteiger partial charge in [-0.05, 0) is 26.0 Å². The van der Waals surface area contributed by atoms with Crippen molar-refractivity contribution < 1.29 is 4.39 Å². The van der Waals surface area contributed by atoms with E-state index in [0.29, 0.717) is 12.2 Å². The van der Waals surface area contributed by atoms with Gasteiger partial charge in [0.2, 0.25) is 0 Å². The van der Waals surface area contributed by atoms with Crippen LogP contribution in [0.4, 0.5) is 10.1 Å². The zero-order valence-corrected chi connectivity index (χ0v) is 12.4. The van der Waals surface area contributed by atoms with Gasteiger partial charge in [-0.15, -0.1) is 0 Å². The molecule has 0 radical (unpaired) electrons. The topological polar surface area (TPSA) is 29.9 Å². The summed E-state index contributed by atoms with van der Waals surface area (Å²) in [6.45, 7) is 4.54. The van der Waals surface area contributed by atoms with Gasteiger partial charge in [-0.1, -0.05) is 23.2 Å². The SMILES string of the molecule is Cc1nn(C)c(C)c1CNc1cc(Cl)c(F)c(Cl)c1. The summed E-state index contributed by atoms with van der Waals surface area (Å²) in [4.78, 5) is 0. The Morgan fingerprint density at radius 1 is 1.26 bits per heavy atom. The summed E-state index contributed by atoms with van der Waals surface area (Å²) < 4.78 is 15.1. The molecule has 102 valence electrons. The lowest BCUT2D eigenvalue weighted by atomic mass is 10.2. The van der Waals surface area contributed by atoms with Gasteiger partial charge in [-0.3, -0.25) is 4.68 Å². The summed E-state index contributed by atoms with van der Waals surface area (Å²) in [5.74, 6) is -0.595. The molecule has 0 aliphatic heterocycles. The molecule has 3 nitrogen and oxygen atoms in total. The van der Waals surface area contributed by atoms with E-state index in [9.17, 15) is 4.39 Å². The van der Waals surface area contributed by atoms with Gasteiger partial charge >= 0.3 is 0 Å². The van der Waals surface area contributed by atoms with E-state index in [4.69, 9.17) is 23.2 Å². The number of anilines is 1. The number of benzene rings is 1.